The number of carboxylic acids is 1. The van der Waals surface area contributed by atoms with Crippen LogP contribution in [0.4, 0.5) is 5.82 Å². The number of carbonyl (C=O) groups is 1. The number of aromatic carboxylic acids is 1. The van der Waals surface area contributed by atoms with E-state index >= 15 is 0 Å². The van der Waals surface area contributed by atoms with Crippen molar-refractivity contribution >= 4 is 35.0 Å². The van der Waals surface area contributed by atoms with Gasteiger partial charge in [0.2, 0.25) is 0 Å². The average Bonchev–Trinajstić information content (AvgIpc) is 3.21. The topological polar surface area (TPSA) is 105 Å². The first-order chi connectivity index (χ1) is 17.8. The number of halogens is 2. The van der Waals surface area contributed by atoms with Gasteiger partial charge in [0.05, 0.1) is 16.7 Å². The van der Waals surface area contributed by atoms with E-state index in [0.717, 1.165) is 49.3 Å². The minimum absolute atomic E-state index is 0.119. The summed E-state index contributed by atoms with van der Waals surface area (Å²) in [5, 5.41) is 27.9. The zero-order chi connectivity index (χ0) is 26.3. The average molecular weight is 547 g/mol. The Morgan fingerprint density at radius 3 is 2.32 bits per heavy atom. The lowest BCUT2D eigenvalue weighted by molar-refractivity contribution is 0.0689. The monoisotopic (exact) mass is 546 g/mol. The summed E-state index contributed by atoms with van der Waals surface area (Å²) in [4.78, 5) is 13.4. The quantitative estimate of drug-likeness (QED) is 0.367. The van der Waals surface area contributed by atoms with Crippen molar-refractivity contribution < 1.29 is 19.5 Å². The molecule has 37 heavy (non-hydrogen) atoms. The predicted octanol–water partition coefficient (Wildman–Crippen LogP) is 6.42. The van der Waals surface area contributed by atoms with E-state index in [1.54, 1.807) is 24.3 Å². The highest BCUT2D eigenvalue weighted by atomic mass is 35.5. The van der Waals surface area contributed by atoms with Gasteiger partial charge in [0.15, 0.2) is 5.69 Å². The number of nitrogens with zero attached hydrogens (tertiary/aromatic N) is 4. The number of aliphatic hydroxyl groups is 1. The standard InChI is InChI=1S/C14H21N3O2.C13H11Cl2NO2/c1-9(2)17-13(6-12(15-17)14(18)19)16-7-10-4-3-5-11(10)8-16;14-9-2-1-3-10(15)11(9)12-8(6-17)13(18-16-12)7-4-5-7/h6,9-11H,3-5,7-8H2,1-2H3,(H,18,19);1-3,7,17H,4-6H2/t10-,11+;. The van der Waals surface area contributed by atoms with Crippen LogP contribution in [-0.4, -0.2) is 44.2 Å². The molecular formula is C27H32Cl2N4O4. The minimum atomic E-state index is -0.944. The van der Waals surface area contributed by atoms with E-state index in [1.807, 2.05) is 18.5 Å². The predicted molar refractivity (Wildman–Crippen MR) is 142 cm³/mol. The Labute approximate surface area is 226 Å². The first-order valence-electron chi connectivity index (χ1n) is 12.9. The van der Waals surface area contributed by atoms with Crippen molar-refractivity contribution in [2.45, 2.75) is 64.5 Å². The molecule has 3 aromatic rings. The van der Waals surface area contributed by atoms with Gasteiger partial charge in [0.1, 0.15) is 17.3 Å². The molecule has 8 nitrogen and oxygen atoms in total. The van der Waals surface area contributed by atoms with Crippen LogP contribution in [0.1, 0.15) is 79.7 Å². The molecule has 198 valence electrons. The Balaban J connectivity index is 0.000000152. The highest BCUT2D eigenvalue weighted by Crippen LogP contribution is 2.46. The molecular weight excluding hydrogens is 515 g/mol. The number of anilines is 1. The fraction of sp³-hybridized carbons (Fsp3) is 0.519. The zero-order valence-electron chi connectivity index (χ0n) is 21.0. The largest absolute Gasteiger partial charge is 0.476 e. The SMILES string of the molecule is CC(C)n1nc(C(=O)O)cc1N1C[C@H]2CCC[C@H]2C1.OCc1c(-c2c(Cl)cccc2Cl)noc1C1CC1. The molecule has 0 unspecified atom stereocenters. The Kier molecular flexibility index (Phi) is 7.52. The second kappa shape index (κ2) is 10.7. The van der Waals surface area contributed by atoms with Crippen molar-refractivity contribution in [1.29, 1.82) is 0 Å². The van der Waals surface area contributed by atoms with Gasteiger partial charge >= 0.3 is 5.97 Å². The maximum atomic E-state index is 11.1. The normalized spacial score (nSPS) is 20.8. The third-order valence-corrected chi connectivity index (χ3v) is 8.23. The van der Waals surface area contributed by atoms with Gasteiger partial charge in [-0.25, -0.2) is 9.48 Å². The van der Waals surface area contributed by atoms with Crippen molar-refractivity contribution in [2.24, 2.45) is 11.8 Å². The van der Waals surface area contributed by atoms with Crippen molar-refractivity contribution in [3.63, 3.8) is 0 Å². The van der Waals surface area contributed by atoms with E-state index in [1.165, 1.54) is 19.3 Å². The lowest BCUT2D eigenvalue weighted by Gasteiger charge is -2.22. The molecule has 2 atom stereocenters. The van der Waals surface area contributed by atoms with Gasteiger partial charge in [-0.05, 0) is 63.5 Å². The van der Waals surface area contributed by atoms with E-state index in [4.69, 9.17) is 32.8 Å². The van der Waals surface area contributed by atoms with Crippen molar-refractivity contribution in [3.8, 4) is 11.3 Å². The molecule has 1 aromatic carbocycles. The molecule has 2 saturated carbocycles. The summed E-state index contributed by atoms with van der Waals surface area (Å²) < 4.78 is 7.20. The summed E-state index contributed by atoms with van der Waals surface area (Å²) >= 11 is 12.3. The van der Waals surface area contributed by atoms with Crippen molar-refractivity contribution in [3.05, 3.63) is 51.3 Å². The molecule has 10 heteroatoms. The first-order valence-corrected chi connectivity index (χ1v) is 13.7. The summed E-state index contributed by atoms with van der Waals surface area (Å²) in [5.41, 5.74) is 2.03. The van der Waals surface area contributed by atoms with Gasteiger partial charge in [0, 0.05) is 42.2 Å². The van der Waals surface area contributed by atoms with Crippen LogP contribution in [0.3, 0.4) is 0 Å². The highest BCUT2D eigenvalue weighted by molar-refractivity contribution is 6.39. The van der Waals surface area contributed by atoms with Crippen LogP contribution in [-0.2, 0) is 6.61 Å². The number of aromatic nitrogens is 3. The minimum Gasteiger partial charge on any atom is -0.476 e. The third-order valence-electron chi connectivity index (χ3n) is 7.60. The molecule has 2 aromatic heterocycles. The molecule has 6 rings (SSSR count). The van der Waals surface area contributed by atoms with Crippen LogP contribution in [0.25, 0.3) is 11.3 Å². The Hall–Kier alpha value is -2.55. The highest BCUT2D eigenvalue weighted by Gasteiger charge is 2.38. The van der Waals surface area contributed by atoms with E-state index in [0.29, 0.717) is 32.8 Å². The van der Waals surface area contributed by atoms with Crippen LogP contribution >= 0.6 is 23.2 Å². The van der Waals surface area contributed by atoms with Crippen LogP contribution < -0.4 is 4.90 Å². The second-order valence-electron chi connectivity index (χ2n) is 10.5. The maximum absolute atomic E-state index is 11.1. The Morgan fingerprint density at radius 2 is 1.78 bits per heavy atom. The van der Waals surface area contributed by atoms with E-state index in [-0.39, 0.29) is 18.3 Å². The first kappa shape index (κ1) is 26.1. The molecule has 1 aliphatic heterocycles. The molecule has 0 radical (unpaired) electrons. The molecule has 0 amide bonds. The Morgan fingerprint density at radius 1 is 1.14 bits per heavy atom. The molecule has 0 bridgehead atoms. The third kappa shape index (κ3) is 5.24. The van der Waals surface area contributed by atoms with E-state index < -0.39 is 5.97 Å². The molecule has 3 aliphatic rings. The summed E-state index contributed by atoms with van der Waals surface area (Å²) in [5.74, 6) is 2.77. The van der Waals surface area contributed by atoms with Gasteiger partial charge in [-0.1, -0.05) is 40.8 Å². The molecule has 2 aliphatic carbocycles. The fourth-order valence-corrected chi connectivity index (χ4v) is 6.17. The number of aliphatic hydroxyl groups excluding tert-OH is 1. The number of rotatable bonds is 6. The number of hydrogen-bond donors (Lipinski definition) is 2. The lowest BCUT2D eigenvalue weighted by Crippen LogP contribution is -2.24. The number of carboxylic acid groups (broad SMARTS) is 1. The zero-order valence-corrected chi connectivity index (χ0v) is 22.5. The lowest BCUT2D eigenvalue weighted by atomic mass is 10.0. The van der Waals surface area contributed by atoms with Crippen LogP contribution in [0.5, 0.6) is 0 Å². The van der Waals surface area contributed by atoms with Crippen LogP contribution in [0.2, 0.25) is 10.0 Å². The van der Waals surface area contributed by atoms with Crippen molar-refractivity contribution in [2.75, 3.05) is 18.0 Å². The van der Waals surface area contributed by atoms with Gasteiger partial charge in [-0.2, -0.15) is 5.10 Å². The Bertz CT molecular complexity index is 1250. The van der Waals surface area contributed by atoms with E-state index in [9.17, 15) is 9.90 Å². The van der Waals surface area contributed by atoms with Gasteiger partial charge in [-0.3, -0.25) is 0 Å². The molecule has 3 heterocycles. The van der Waals surface area contributed by atoms with Crippen LogP contribution in [0, 0.1) is 11.8 Å². The second-order valence-corrected chi connectivity index (χ2v) is 11.3. The fourth-order valence-electron chi connectivity index (χ4n) is 5.59. The molecule has 0 spiro atoms. The number of hydrogen-bond acceptors (Lipinski definition) is 6. The summed E-state index contributed by atoms with van der Waals surface area (Å²) in [6.45, 7) is 6.08. The molecule has 2 N–H and O–H groups in total. The summed E-state index contributed by atoms with van der Waals surface area (Å²) in [7, 11) is 0. The van der Waals surface area contributed by atoms with Gasteiger partial charge < -0.3 is 19.6 Å². The number of benzene rings is 1. The molecule has 1 saturated heterocycles. The number of fused-ring (bicyclic) bond motifs is 1. The maximum Gasteiger partial charge on any atom is 0.356 e. The van der Waals surface area contributed by atoms with Gasteiger partial charge in [-0.15, -0.1) is 0 Å². The summed E-state index contributed by atoms with van der Waals surface area (Å²) in [6, 6.07) is 7.17. The smallest absolute Gasteiger partial charge is 0.356 e. The van der Waals surface area contributed by atoms with E-state index in [2.05, 4.69) is 15.2 Å². The van der Waals surface area contributed by atoms with Crippen molar-refractivity contribution in [1.82, 2.24) is 14.9 Å². The van der Waals surface area contributed by atoms with Gasteiger partial charge in [0.25, 0.3) is 0 Å². The molecule has 3 fully saturated rings. The van der Waals surface area contributed by atoms with Crippen LogP contribution in [0.15, 0.2) is 28.8 Å². The summed E-state index contributed by atoms with van der Waals surface area (Å²) in [6.07, 6.45) is 6.16.